The summed E-state index contributed by atoms with van der Waals surface area (Å²) >= 11 is 0. The van der Waals surface area contributed by atoms with Gasteiger partial charge in [0.2, 0.25) is 17.7 Å². The number of amides is 2. The zero-order valence-corrected chi connectivity index (χ0v) is 15.0. The highest BCUT2D eigenvalue weighted by atomic mass is 16.5. The first-order chi connectivity index (χ1) is 13.2. The summed E-state index contributed by atoms with van der Waals surface area (Å²) < 4.78 is 5.83. The van der Waals surface area contributed by atoms with Gasteiger partial charge in [-0.25, -0.2) is 4.98 Å². The summed E-state index contributed by atoms with van der Waals surface area (Å²) in [5, 5.41) is 0. The minimum Gasteiger partial charge on any atom is -0.473 e. The summed E-state index contributed by atoms with van der Waals surface area (Å²) in [6, 6.07) is 9.53. The van der Waals surface area contributed by atoms with Crippen molar-refractivity contribution in [2.24, 2.45) is 5.92 Å². The van der Waals surface area contributed by atoms with Gasteiger partial charge in [-0.1, -0.05) is 18.2 Å². The largest absolute Gasteiger partial charge is 0.473 e. The summed E-state index contributed by atoms with van der Waals surface area (Å²) in [4.78, 5) is 36.9. The number of aromatic nitrogens is 2. The fourth-order valence-corrected chi connectivity index (χ4v) is 3.70. The Morgan fingerprint density at radius 3 is 2.59 bits per heavy atom. The second kappa shape index (κ2) is 7.73. The highest BCUT2D eigenvalue weighted by Crippen LogP contribution is 2.27. The van der Waals surface area contributed by atoms with E-state index in [0.29, 0.717) is 25.5 Å². The molecule has 2 fully saturated rings. The van der Waals surface area contributed by atoms with Gasteiger partial charge in [0, 0.05) is 57.0 Å². The molecule has 1 aromatic carbocycles. The Labute approximate surface area is 158 Å². The van der Waals surface area contributed by atoms with Crippen LogP contribution in [0.2, 0.25) is 0 Å². The van der Waals surface area contributed by atoms with Crippen molar-refractivity contribution in [3.63, 3.8) is 0 Å². The second-order valence-electron chi connectivity index (χ2n) is 6.93. The van der Waals surface area contributed by atoms with Crippen molar-refractivity contribution in [1.29, 1.82) is 0 Å². The molecule has 2 aliphatic heterocycles. The van der Waals surface area contributed by atoms with E-state index in [1.54, 1.807) is 23.5 Å². The zero-order valence-electron chi connectivity index (χ0n) is 15.0. The molecule has 4 rings (SSSR count). The number of carbonyl (C=O) groups is 2. The van der Waals surface area contributed by atoms with Gasteiger partial charge in [0.25, 0.3) is 0 Å². The number of carbonyl (C=O) groups excluding carboxylic acids is 2. The number of rotatable bonds is 4. The monoisotopic (exact) mass is 366 g/mol. The highest BCUT2D eigenvalue weighted by Gasteiger charge is 2.38. The van der Waals surface area contributed by atoms with Crippen molar-refractivity contribution in [2.75, 3.05) is 24.5 Å². The minimum absolute atomic E-state index is 0.0143. The first-order valence-corrected chi connectivity index (χ1v) is 9.27. The molecule has 2 aliphatic rings. The number of nitrogens with zero attached hydrogens (tertiary/aromatic N) is 4. The standard InChI is InChI=1S/C20H22N4O3/c25-19-12-15(14-24(19)16-4-2-1-3-5-16)20(26)23-10-6-17(7-11-23)27-18-13-21-8-9-22-18/h1-5,8-9,13,15,17H,6-7,10-12,14H2. The molecule has 1 atom stereocenters. The molecule has 7 nitrogen and oxygen atoms in total. The molecule has 1 aromatic heterocycles. The molecule has 0 spiro atoms. The predicted octanol–water partition coefficient (Wildman–Crippen LogP) is 1.90. The maximum atomic E-state index is 12.9. The van der Waals surface area contributed by atoms with E-state index in [2.05, 4.69) is 9.97 Å². The Kier molecular flexibility index (Phi) is 5.00. The lowest BCUT2D eigenvalue weighted by atomic mass is 10.0. The van der Waals surface area contributed by atoms with Gasteiger partial charge in [-0.05, 0) is 12.1 Å². The molecule has 27 heavy (non-hydrogen) atoms. The van der Waals surface area contributed by atoms with E-state index < -0.39 is 0 Å². The fraction of sp³-hybridized carbons (Fsp3) is 0.400. The van der Waals surface area contributed by atoms with Crippen LogP contribution in [0.4, 0.5) is 5.69 Å². The third-order valence-electron chi connectivity index (χ3n) is 5.12. The lowest BCUT2D eigenvalue weighted by Gasteiger charge is -2.33. The first kappa shape index (κ1) is 17.5. The molecule has 0 N–H and O–H groups in total. The summed E-state index contributed by atoms with van der Waals surface area (Å²) in [5.74, 6) is 0.331. The normalized spacial score (nSPS) is 20.7. The van der Waals surface area contributed by atoms with E-state index >= 15 is 0 Å². The van der Waals surface area contributed by atoms with Crippen LogP contribution in [-0.4, -0.2) is 52.4 Å². The molecule has 140 valence electrons. The van der Waals surface area contributed by atoms with Crippen molar-refractivity contribution in [3.05, 3.63) is 48.9 Å². The summed E-state index contributed by atoms with van der Waals surface area (Å²) in [6.45, 7) is 1.73. The molecule has 0 radical (unpaired) electrons. The van der Waals surface area contributed by atoms with Crippen LogP contribution >= 0.6 is 0 Å². The second-order valence-corrected chi connectivity index (χ2v) is 6.93. The van der Waals surface area contributed by atoms with Gasteiger partial charge in [-0.3, -0.25) is 14.6 Å². The van der Waals surface area contributed by atoms with Gasteiger partial charge in [-0.15, -0.1) is 0 Å². The van der Waals surface area contributed by atoms with Gasteiger partial charge >= 0.3 is 0 Å². The predicted molar refractivity (Wildman–Crippen MR) is 99.2 cm³/mol. The summed E-state index contributed by atoms with van der Waals surface area (Å²) in [6.07, 6.45) is 6.64. The molecule has 0 aliphatic carbocycles. The molecule has 2 amide bonds. The molecule has 0 saturated carbocycles. The van der Waals surface area contributed by atoms with Gasteiger partial charge in [0.1, 0.15) is 6.10 Å². The summed E-state index contributed by atoms with van der Waals surface area (Å²) in [7, 11) is 0. The van der Waals surface area contributed by atoms with Crippen LogP contribution in [0.3, 0.4) is 0 Å². The lowest BCUT2D eigenvalue weighted by molar-refractivity contribution is -0.137. The topological polar surface area (TPSA) is 75.6 Å². The van der Waals surface area contributed by atoms with Gasteiger partial charge in [-0.2, -0.15) is 0 Å². The number of hydrogen-bond acceptors (Lipinski definition) is 5. The Bertz CT molecular complexity index is 791. The van der Waals surface area contributed by atoms with Crippen LogP contribution in [0.15, 0.2) is 48.9 Å². The van der Waals surface area contributed by atoms with Gasteiger partial charge in [0.15, 0.2) is 0 Å². The molecule has 0 bridgehead atoms. The molecule has 2 aromatic rings. The third-order valence-corrected chi connectivity index (χ3v) is 5.12. The average molecular weight is 366 g/mol. The maximum absolute atomic E-state index is 12.9. The van der Waals surface area contributed by atoms with E-state index in [4.69, 9.17) is 4.74 Å². The van der Waals surface area contributed by atoms with Gasteiger partial charge in [0.05, 0.1) is 12.1 Å². The molecular formula is C20H22N4O3. The van der Waals surface area contributed by atoms with Crippen molar-refractivity contribution >= 4 is 17.5 Å². The number of ether oxygens (including phenoxy) is 1. The van der Waals surface area contributed by atoms with Crippen molar-refractivity contribution in [1.82, 2.24) is 14.9 Å². The van der Waals surface area contributed by atoms with Crippen molar-refractivity contribution in [3.8, 4) is 5.88 Å². The Morgan fingerprint density at radius 2 is 1.89 bits per heavy atom. The van der Waals surface area contributed by atoms with E-state index in [0.717, 1.165) is 18.5 Å². The van der Waals surface area contributed by atoms with E-state index in [1.807, 2.05) is 35.2 Å². The molecule has 7 heteroatoms. The number of hydrogen-bond donors (Lipinski definition) is 0. The third kappa shape index (κ3) is 3.92. The van der Waals surface area contributed by atoms with Crippen LogP contribution in [0, 0.1) is 5.92 Å². The Morgan fingerprint density at radius 1 is 1.11 bits per heavy atom. The minimum atomic E-state index is -0.268. The fourth-order valence-electron chi connectivity index (χ4n) is 3.70. The van der Waals surface area contributed by atoms with Gasteiger partial charge < -0.3 is 14.5 Å². The van der Waals surface area contributed by atoms with Crippen LogP contribution in [-0.2, 0) is 9.59 Å². The van der Waals surface area contributed by atoms with E-state index in [9.17, 15) is 9.59 Å². The number of benzene rings is 1. The molecule has 2 saturated heterocycles. The molecule has 1 unspecified atom stereocenters. The molecular weight excluding hydrogens is 344 g/mol. The van der Waals surface area contributed by atoms with E-state index in [1.165, 1.54) is 0 Å². The SMILES string of the molecule is O=C(C1CC(=O)N(c2ccccc2)C1)N1CCC(Oc2cnccn2)CC1. The lowest BCUT2D eigenvalue weighted by Crippen LogP contribution is -2.45. The van der Waals surface area contributed by atoms with E-state index in [-0.39, 0.29) is 30.3 Å². The van der Waals surface area contributed by atoms with Crippen LogP contribution in [0.5, 0.6) is 5.88 Å². The number of anilines is 1. The average Bonchev–Trinajstić information content (AvgIpc) is 3.11. The Hall–Kier alpha value is -2.96. The number of para-hydroxylation sites is 1. The van der Waals surface area contributed by atoms with Crippen molar-refractivity contribution < 1.29 is 14.3 Å². The van der Waals surface area contributed by atoms with Crippen LogP contribution in [0.25, 0.3) is 0 Å². The van der Waals surface area contributed by atoms with Crippen LogP contribution < -0.4 is 9.64 Å². The number of piperidine rings is 1. The summed E-state index contributed by atoms with van der Waals surface area (Å²) in [5.41, 5.74) is 0.855. The Balaban J connectivity index is 1.31. The van der Waals surface area contributed by atoms with Crippen LogP contribution in [0.1, 0.15) is 19.3 Å². The maximum Gasteiger partial charge on any atom is 0.232 e. The zero-order chi connectivity index (χ0) is 18.6. The molecule has 3 heterocycles. The smallest absolute Gasteiger partial charge is 0.232 e. The highest BCUT2D eigenvalue weighted by molar-refractivity contribution is 6.00. The first-order valence-electron chi connectivity index (χ1n) is 9.27. The quantitative estimate of drug-likeness (QED) is 0.826. The number of likely N-dealkylation sites (tertiary alicyclic amines) is 1. The van der Waals surface area contributed by atoms with Crippen molar-refractivity contribution in [2.45, 2.75) is 25.4 Å².